The molecule has 0 saturated carbocycles. The van der Waals surface area contributed by atoms with Gasteiger partial charge in [0.1, 0.15) is 0 Å². The number of thiocarbonyl (C=S) groups is 1. The van der Waals surface area contributed by atoms with Crippen molar-refractivity contribution in [3.05, 3.63) is 0 Å². The van der Waals surface area contributed by atoms with Crippen molar-refractivity contribution in [2.45, 2.75) is 13.8 Å². The molecule has 9 heavy (non-hydrogen) atoms. The Balaban J connectivity index is 0. The largest absolute Gasteiger partial charge is 2.00 e. The Kier molecular flexibility index (Phi) is 9.23. The number of hydrogen-bond acceptors (Lipinski definition) is 2. The van der Waals surface area contributed by atoms with Gasteiger partial charge in [-0.1, -0.05) is 4.32 Å². The summed E-state index contributed by atoms with van der Waals surface area (Å²) in [6.45, 7) is 5.95. The van der Waals surface area contributed by atoms with Crippen LogP contribution >= 0.6 is 12.2 Å². The van der Waals surface area contributed by atoms with Gasteiger partial charge in [-0.2, -0.15) is 0 Å². The minimum absolute atomic E-state index is 0. The van der Waals surface area contributed by atoms with Gasteiger partial charge in [0.2, 0.25) is 0 Å². The Hall–Kier alpha value is 0.629. The average Bonchev–Trinajstić information content (AvgIpc) is 1.69. The predicted molar refractivity (Wildman–Crippen MR) is 42.9 cm³/mol. The van der Waals surface area contributed by atoms with Crippen molar-refractivity contribution in [1.29, 1.82) is 0 Å². The second-order valence-electron chi connectivity index (χ2n) is 1.44. The number of rotatable bonds is 2. The van der Waals surface area contributed by atoms with Gasteiger partial charge in [-0.25, -0.2) is 0 Å². The van der Waals surface area contributed by atoms with Crippen molar-refractivity contribution in [1.82, 2.24) is 4.90 Å². The third kappa shape index (κ3) is 5.09. The van der Waals surface area contributed by atoms with Gasteiger partial charge in [-0.3, -0.25) is 0 Å². The van der Waals surface area contributed by atoms with Gasteiger partial charge in [0.05, 0.1) is 0 Å². The van der Waals surface area contributed by atoms with Crippen LogP contribution < -0.4 is 0 Å². The van der Waals surface area contributed by atoms with Crippen LogP contribution in [0.4, 0.5) is 0 Å². The molecule has 0 bridgehead atoms. The SMILES string of the molecule is CCN(CC)C(=S)[S-].[Cu+2]. The first-order chi connectivity index (χ1) is 3.72. The van der Waals surface area contributed by atoms with E-state index in [0.29, 0.717) is 4.32 Å². The molecular weight excluding hydrogens is 202 g/mol. The molecule has 0 spiro atoms. The third-order valence-corrected chi connectivity index (χ3v) is 1.54. The fourth-order valence-corrected chi connectivity index (χ4v) is 0.998. The monoisotopic (exact) mass is 211 g/mol. The quantitative estimate of drug-likeness (QED) is 0.384. The molecule has 1 nitrogen and oxygen atoms in total. The zero-order valence-corrected chi connectivity index (χ0v) is 8.05. The molecule has 0 atom stereocenters. The summed E-state index contributed by atoms with van der Waals surface area (Å²) in [5, 5.41) is 0. The Morgan fingerprint density at radius 1 is 1.44 bits per heavy atom. The summed E-state index contributed by atoms with van der Waals surface area (Å²) in [4.78, 5) is 1.96. The van der Waals surface area contributed by atoms with Crippen LogP contribution in [0.25, 0.3) is 0 Å². The van der Waals surface area contributed by atoms with Gasteiger partial charge in [-0.05, 0) is 13.8 Å². The Morgan fingerprint density at radius 2 is 1.78 bits per heavy atom. The van der Waals surface area contributed by atoms with Gasteiger partial charge < -0.3 is 29.7 Å². The van der Waals surface area contributed by atoms with Crippen LogP contribution in [0.1, 0.15) is 13.8 Å². The first-order valence-electron chi connectivity index (χ1n) is 2.68. The van der Waals surface area contributed by atoms with E-state index in [0.717, 1.165) is 13.1 Å². The number of hydrogen-bond donors (Lipinski definition) is 0. The summed E-state index contributed by atoms with van der Waals surface area (Å²) >= 11 is 9.51. The minimum atomic E-state index is 0. The van der Waals surface area contributed by atoms with Gasteiger partial charge in [0.25, 0.3) is 0 Å². The molecule has 0 aromatic carbocycles. The normalized spacial score (nSPS) is 7.78. The summed E-state index contributed by atoms with van der Waals surface area (Å²) in [5.74, 6) is 0. The van der Waals surface area contributed by atoms with Gasteiger partial charge >= 0.3 is 17.1 Å². The van der Waals surface area contributed by atoms with Gasteiger partial charge in [0.15, 0.2) is 0 Å². The Labute approximate surface area is 78.1 Å². The van der Waals surface area contributed by atoms with Crippen LogP contribution in [0.15, 0.2) is 0 Å². The first kappa shape index (κ1) is 12.3. The maximum atomic E-state index is 4.76. The zero-order chi connectivity index (χ0) is 6.57. The molecular formula is C5H10CuNS2+. The maximum Gasteiger partial charge on any atom is 2.00 e. The molecule has 0 aliphatic carbocycles. The molecule has 0 aromatic heterocycles. The summed E-state index contributed by atoms with van der Waals surface area (Å²) in [6.07, 6.45) is 0. The third-order valence-electron chi connectivity index (χ3n) is 1.02. The van der Waals surface area contributed by atoms with Crippen molar-refractivity contribution in [2.75, 3.05) is 13.1 Å². The molecule has 0 aromatic rings. The van der Waals surface area contributed by atoms with Crippen LogP contribution in [0.3, 0.4) is 0 Å². The van der Waals surface area contributed by atoms with Crippen LogP contribution in [-0.4, -0.2) is 22.3 Å². The summed E-state index contributed by atoms with van der Waals surface area (Å²) in [6, 6.07) is 0. The topological polar surface area (TPSA) is 3.24 Å². The van der Waals surface area contributed by atoms with E-state index in [2.05, 4.69) is 0 Å². The second kappa shape index (κ2) is 6.75. The molecule has 0 aliphatic rings. The van der Waals surface area contributed by atoms with E-state index in [1.54, 1.807) is 0 Å². The molecule has 0 amide bonds. The Bertz CT molecular complexity index is 83.0. The van der Waals surface area contributed by atoms with E-state index in [1.807, 2.05) is 18.7 Å². The van der Waals surface area contributed by atoms with Crippen molar-refractivity contribution in [2.24, 2.45) is 0 Å². The standard InChI is InChI=1S/C5H11NS2.Cu/c1-3-6(4-2)5(7)8;/h3-4H2,1-2H3,(H,7,8);/q;+2/p-1. The van der Waals surface area contributed by atoms with Crippen LogP contribution in [0, 0.1) is 0 Å². The molecule has 0 N–H and O–H groups in total. The van der Waals surface area contributed by atoms with E-state index in [1.165, 1.54) is 0 Å². The number of nitrogens with zero attached hydrogens (tertiary/aromatic N) is 1. The first-order valence-corrected chi connectivity index (χ1v) is 3.50. The second-order valence-corrected chi connectivity index (χ2v) is 2.47. The smallest absolute Gasteiger partial charge is 0.411 e. The summed E-state index contributed by atoms with van der Waals surface area (Å²) in [7, 11) is 0. The van der Waals surface area contributed by atoms with Crippen molar-refractivity contribution in [3.8, 4) is 0 Å². The molecule has 0 fully saturated rings. The zero-order valence-electron chi connectivity index (χ0n) is 5.48. The molecule has 4 heteroatoms. The van der Waals surface area contributed by atoms with Gasteiger partial charge in [0, 0.05) is 13.1 Å². The fourth-order valence-electron chi connectivity index (χ4n) is 0.482. The summed E-state index contributed by atoms with van der Waals surface area (Å²) in [5.41, 5.74) is 0. The summed E-state index contributed by atoms with van der Waals surface area (Å²) < 4.78 is 0.579. The molecule has 0 heterocycles. The molecule has 0 unspecified atom stereocenters. The average molecular weight is 212 g/mol. The molecule has 1 radical (unpaired) electrons. The van der Waals surface area contributed by atoms with E-state index in [4.69, 9.17) is 24.8 Å². The molecule has 0 saturated heterocycles. The Morgan fingerprint density at radius 3 is 1.78 bits per heavy atom. The van der Waals surface area contributed by atoms with Crippen molar-refractivity contribution >= 4 is 29.2 Å². The fraction of sp³-hybridized carbons (Fsp3) is 0.800. The van der Waals surface area contributed by atoms with E-state index < -0.39 is 0 Å². The predicted octanol–water partition coefficient (Wildman–Crippen LogP) is 1.16. The van der Waals surface area contributed by atoms with E-state index in [-0.39, 0.29) is 17.1 Å². The van der Waals surface area contributed by atoms with Crippen molar-refractivity contribution in [3.63, 3.8) is 0 Å². The maximum absolute atomic E-state index is 4.76. The van der Waals surface area contributed by atoms with Gasteiger partial charge in [-0.15, -0.1) is 0 Å². The van der Waals surface area contributed by atoms with Crippen molar-refractivity contribution < 1.29 is 17.1 Å². The van der Waals surface area contributed by atoms with Crippen LogP contribution in [0.5, 0.6) is 0 Å². The van der Waals surface area contributed by atoms with Crippen LogP contribution in [0.2, 0.25) is 0 Å². The molecule has 0 rings (SSSR count). The van der Waals surface area contributed by atoms with Crippen LogP contribution in [-0.2, 0) is 29.7 Å². The minimum Gasteiger partial charge on any atom is -0.411 e. The van der Waals surface area contributed by atoms with E-state index >= 15 is 0 Å². The molecule has 57 valence electrons. The molecule has 0 aliphatic heterocycles. The van der Waals surface area contributed by atoms with E-state index in [9.17, 15) is 0 Å².